The van der Waals surface area contributed by atoms with E-state index in [-0.39, 0.29) is 5.75 Å². The lowest BCUT2D eigenvalue weighted by Gasteiger charge is -2.20. The molecule has 0 saturated heterocycles. The smallest absolute Gasteiger partial charge is 0.115 e. The molecule has 1 aliphatic heterocycles. The van der Waals surface area contributed by atoms with Crippen molar-refractivity contribution in [1.29, 1.82) is 0 Å². The van der Waals surface area contributed by atoms with Crippen LogP contribution in [0.2, 0.25) is 0 Å². The molecular formula is C21H19N3O. The number of benzene rings is 2. The number of nitrogens with one attached hydrogen (secondary N) is 1. The number of hydrogen-bond acceptors (Lipinski definition) is 4. The summed E-state index contributed by atoms with van der Waals surface area (Å²) in [6.45, 7) is 0.837. The summed E-state index contributed by atoms with van der Waals surface area (Å²) in [6, 6.07) is 11.6. The Kier molecular flexibility index (Phi) is 3.09. The van der Waals surface area contributed by atoms with E-state index in [0.29, 0.717) is 0 Å². The second-order valence-electron chi connectivity index (χ2n) is 6.69. The predicted octanol–water partition coefficient (Wildman–Crippen LogP) is 4.02. The minimum absolute atomic E-state index is 0.283. The van der Waals surface area contributed by atoms with Gasteiger partial charge in [-0.25, -0.2) is 10.4 Å². The topological polar surface area (TPSA) is 48.4 Å². The number of anilines is 1. The molecule has 25 heavy (non-hydrogen) atoms. The lowest BCUT2D eigenvalue weighted by Crippen LogP contribution is -2.26. The molecule has 124 valence electrons. The molecule has 3 aromatic rings. The van der Waals surface area contributed by atoms with Crippen LogP contribution in [0.1, 0.15) is 23.1 Å². The quantitative estimate of drug-likeness (QED) is 0.708. The molecule has 1 aliphatic carbocycles. The van der Waals surface area contributed by atoms with E-state index in [0.717, 1.165) is 36.2 Å². The third kappa shape index (κ3) is 2.14. The van der Waals surface area contributed by atoms with Crippen molar-refractivity contribution in [3.05, 3.63) is 59.2 Å². The second kappa shape index (κ2) is 5.33. The number of phenols is 1. The predicted molar refractivity (Wildman–Crippen MR) is 101 cm³/mol. The Morgan fingerprint density at radius 1 is 1.08 bits per heavy atom. The third-order valence-electron chi connectivity index (χ3n) is 5.22. The first kappa shape index (κ1) is 14.5. The first-order chi connectivity index (χ1) is 12.2. The van der Waals surface area contributed by atoms with Gasteiger partial charge in [-0.15, -0.1) is 0 Å². The Bertz CT molecular complexity index is 1020. The number of fused-ring (bicyclic) bond motifs is 5. The molecule has 0 fully saturated rings. The van der Waals surface area contributed by atoms with Gasteiger partial charge in [0.25, 0.3) is 0 Å². The molecule has 1 aromatic heterocycles. The van der Waals surface area contributed by atoms with Gasteiger partial charge in [0.15, 0.2) is 0 Å². The molecule has 0 spiro atoms. The van der Waals surface area contributed by atoms with Crippen LogP contribution in [0.5, 0.6) is 5.75 Å². The lowest BCUT2D eigenvalue weighted by atomic mass is 9.88. The summed E-state index contributed by atoms with van der Waals surface area (Å²) in [7, 11) is 2.05. The number of hydrogen-bond donors (Lipinski definition) is 2. The highest BCUT2D eigenvalue weighted by atomic mass is 16.3. The molecule has 0 radical (unpaired) electrons. The zero-order valence-corrected chi connectivity index (χ0v) is 14.1. The molecule has 2 aromatic carbocycles. The Balaban J connectivity index is 1.84. The largest absolute Gasteiger partial charge is 0.508 e. The first-order valence-corrected chi connectivity index (χ1v) is 8.64. The van der Waals surface area contributed by atoms with Crippen LogP contribution in [0.25, 0.3) is 28.2 Å². The Morgan fingerprint density at radius 2 is 1.92 bits per heavy atom. The number of aromatic nitrogens is 1. The normalized spacial score (nSPS) is 15.5. The highest BCUT2D eigenvalue weighted by Gasteiger charge is 2.24. The summed E-state index contributed by atoms with van der Waals surface area (Å²) in [4.78, 5) is 5.03. The van der Waals surface area contributed by atoms with Crippen molar-refractivity contribution in [3.63, 3.8) is 0 Å². The minimum atomic E-state index is 0.283. The van der Waals surface area contributed by atoms with E-state index in [9.17, 15) is 5.11 Å². The van der Waals surface area contributed by atoms with Crippen LogP contribution >= 0.6 is 0 Å². The van der Waals surface area contributed by atoms with E-state index < -0.39 is 0 Å². The van der Waals surface area contributed by atoms with Crippen LogP contribution in [-0.2, 0) is 13.0 Å². The summed E-state index contributed by atoms with van der Waals surface area (Å²) < 4.78 is 0. The van der Waals surface area contributed by atoms with Gasteiger partial charge in [-0.3, -0.25) is 0 Å². The van der Waals surface area contributed by atoms with Gasteiger partial charge in [-0.2, -0.15) is 0 Å². The van der Waals surface area contributed by atoms with E-state index in [1.54, 1.807) is 12.1 Å². The maximum atomic E-state index is 9.60. The molecule has 0 unspecified atom stereocenters. The fraction of sp³-hybridized carbons (Fsp3) is 0.190. The van der Waals surface area contributed by atoms with Crippen molar-refractivity contribution in [2.45, 2.75) is 19.4 Å². The van der Waals surface area contributed by atoms with Gasteiger partial charge in [-0.05, 0) is 60.4 Å². The molecule has 0 amide bonds. The number of nitrogens with zero attached hydrogens (tertiary/aromatic N) is 2. The van der Waals surface area contributed by atoms with Gasteiger partial charge in [-0.1, -0.05) is 12.2 Å². The van der Waals surface area contributed by atoms with Crippen molar-refractivity contribution in [3.8, 4) is 17.0 Å². The molecular weight excluding hydrogens is 310 g/mol. The van der Waals surface area contributed by atoms with Crippen LogP contribution in [0.4, 0.5) is 5.69 Å². The van der Waals surface area contributed by atoms with Crippen LogP contribution in [0.15, 0.2) is 42.5 Å². The van der Waals surface area contributed by atoms with Crippen molar-refractivity contribution in [1.82, 2.24) is 10.4 Å². The van der Waals surface area contributed by atoms with E-state index in [4.69, 9.17) is 4.98 Å². The van der Waals surface area contributed by atoms with Crippen LogP contribution in [0, 0.1) is 0 Å². The summed E-state index contributed by atoms with van der Waals surface area (Å²) in [6.07, 6.45) is 6.55. The monoisotopic (exact) mass is 329 g/mol. The molecule has 4 nitrogen and oxygen atoms in total. The molecule has 0 bridgehead atoms. The summed E-state index contributed by atoms with van der Waals surface area (Å²) in [5, 5.41) is 13.0. The molecule has 2 aliphatic rings. The standard InChI is InChI=1S/C21H19N3O/c1-24-19-11-10-18-20(17(19)12-22-24)15-4-2-3-5-16(15)21(23-18)13-6-8-14(25)9-7-13/h2,4,6-11,22,25H,3,5,12H2,1H3. The van der Waals surface area contributed by atoms with Gasteiger partial charge in [0, 0.05) is 30.1 Å². The Labute approximate surface area is 146 Å². The Hall–Kier alpha value is -2.85. The molecule has 5 rings (SSSR count). The van der Waals surface area contributed by atoms with Gasteiger partial charge in [0.05, 0.1) is 16.9 Å². The maximum Gasteiger partial charge on any atom is 0.115 e. The fourth-order valence-electron chi connectivity index (χ4n) is 3.98. The highest BCUT2D eigenvalue weighted by molar-refractivity contribution is 5.98. The van der Waals surface area contributed by atoms with Crippen molar-refractivity contribution < 1.29 is 5.11 Å². The van der Waals surface area contributed by atoms with E-state index >= 15 is 0 Å². The third-order valence-corrected chi connectivity index (χ3v) is 5.22. The molecule has 0 atom stereocenters. The van der Waals surface area contributed by atoms with Crippen LogP contribution in [0.3, 0.4) is 0 Å². The van der Waals surface area contributed by atoms with E-state index in [1.165, 1.54) is 27.8 Å². The Morgan fingerprint density at radius 3 is 2.76 bits per heavy atom. The minimum Gasteiger partial charge on any atom is -0.508 e. The molecule has 0 saturated carbocycles. The summed E-state index contributed by atoms with van der Waals surface area (Å²) >= 11 is 0. The second-order valence-corrected chi connectivity index (χ2v) is 6.69. The lowest BCUT2D eigenvalue weighted by molar-refractivity contribution is 0.475. The van der Waals surface area contributed by atoms with Gasteiger partial charge >= 0.3 is 0 Å². The fourth-order valence-corrected chi connectivity index (χ4v) is 3.98. The zero-order chi connectivity index (χ0) is 17.0. The molecule has 2 heterocycles. The number of allylic oxidation sites excluding steroid dienone is 1. The zero-order valence-electron chi connectivity index (χ0n) is 14.1. The van der Waals surface area contributed by atoms with Crippen LogP contribution in [-0.4, -0.2) is 17.1 Å². The van der Waals surface area contributed by atoms with Gasteiger partial charge in [0.2, 0.25) is 0 Å². The van der Waals surface area contributed by atoms with E-state index in [1.807, 2.05) is 12.1 Å². The summed E-state index contributed by atoms with van der Waals surface area (Å²) in [5.74, 6) is 0.283. The maximum absolute atomic E-state index is 9.60. The number of aromatic hydroxyl groups is 1. The molecule has 2 N–H and O–H groups in total. The van der Waals surface area contributed by atoms with Crippen molar-refractivity contribution >= 4 is 22.7 Å². The first-order valence-electron chi connectivity index (χ1n) is 8.64. The van der Waals surface area contributed by atoms with Crippen molar-refractivity contribution in [2.24, 2.45) is 0 Å². The average Bonchev–Trinajstić information content (AvgIpc) is 3.03. The summed E-state index contributed by atoms with van der Waals surface area (Å²) in [5.41, 5.74) is 11.7. The highest BCUT2D eigenvalue weighted by Crippen LogP contribution is 2.39. The SMILES string of the molecule is CN1NCc2c1ccc1nc(-c3ccc(O)cc3)c3c(c21)C=CCC3. The van der Waals surface area contributed by atoms with Gasteiger partial charge in [0.1, 0.15) is 5.75 Å². The number of phenolic OH excluding ortho intramolecular Hbond substituents is 1. The number of pyridine rings is 1. The van der Waals surface area contributed by atoms with Crippen molar-refractivity contribution in [2.75, 3.05) is 12.1 Å². The van der Waals surface area contributed by atoms with E-state index in [2.05, 4.69) is 41.8 Å². The number of rotatable bonds is 1. The van der Waals surface area contributed by atoms with Crippen LogP contribution < -0.4 is 10.4 Å². The molecule has 4 heteroatoms. The number of hydrazine groups is 1. The average molecular weight is 329 g/mol. The van der Waals surface area contributed by atoms with Gasteiger partial charge < -0.3 is 10.1 Å².